The first kappa shape index (κ1) is 12.0. The molecule has 19 heavy (non-hydrogen) atoms. The Balaban J connectivity index is 1.83. The zero-order valence-corrected chi connectivity index (χ0v) is 9.73. The molecule has 98 valence electrons. The summed E-state index contributed by atoms with van der Waals surface area (Å²) in [6.07, 6.45) is 0.524. The number of imide groups is 1. The van der Waals surface area contributed by atoms with Gasteiger partial charge in [-0.25, -0.2) is 8.78 Å². The van der Waals surface area contributed by atoms with Crippen molar-refractivity contribution in [2.75, 3.05) is 6.54 Å². The van der Waals surface area contributed by atoms with Crippen molar-refractivity contribution in [3.8, 4) is 0 Å². The van der Waals surface area contributed by atoms with Crippen molar-refractivity contribution in [1.29, 1.82) is 0 Å². The van der Waals surface area contributed by atoms with Gasteiger partial charge in [-0.05, 0) is 18.6 Å². The normalized spacial score (nSPS) is 24.6. The van der Waals surface area contributed by atoms with Gasteiger partial charge in [-0.15, -0.1) is 0 Å². The second kappa shape index (κ2) is 3.94. The minimum Gasteiger partial charge on any atom is -0.292 e. The van der Waals surface area contributed by atoms with Crippen molar-refractivity contribution in [1.82, 2.24) is 4.90 Å². The van der Waals surface area contributed by atoms with Gasteiger partial charge >= 0.3 is 0 Å². The molecule has 1 aliphatic carbocycles. The van der Waals surface area contributed by atoms with Crippen LogP contribution in [0.3, 0.4) is 0 Å². The highest BCUT2D eigenvalue weighted by Gasteiger charge is 2.59. The van der Waals surface area contributed by atoms with Crippen LogP contribution in [0.5, 0.6) is 0 Å². The summed E-state index contributed by atoms with van der Waals surface area (Å²) in [5.41, 5.74) is -0.705. The summed E-state index contributed by atoms with van der Waals surface area (Å²) in [6.45, 7) is -0.595. The summed E-state index contributed by atoms with van der Waals surface area (Å²) in [5.74, 6) is -4.38. The molecular weight excluding hydrogens is 256 g/mol. The largest absolute Gasteiger partial charge is 0.292 e. The van der Waals surface area contributed by atoms with Crippen LogP contribution in [0.4, 0.5) is 8.78 Å². The molecule has 6 heteroatoms. The topological polar surface area (TPSA) is 54.5 Å². The van der Waals surface area contributed by atoms with Gasteiger partial charge in [-0.3, -0.25) is 19.3 Å². The molecular formula is C13H9F2NO3. The van der Waals surface area contributed by atoms with Crippen LogP contribution in [-0.2, 0) is 9.59 Å². The van der Waals surface area contributed by atoms with Crippen molar-refractivity contribution < 1.29 is 23.2 Å². The number of carbonyl (C=O) groups is 3. The number of likely N-dealkylation sites (tertiary alicyclic amines) is 1. The Hall–Kier alpha value is -2.11. The highest BCUT2D eigenvalue weighted by Crippen LogP contribution is 2.46. The zero-order valence-electron chi connectivity index (χ0n) is 9.73. The van der Waals surface area contributed by atoms with E-state index in [2.05, 4.69) is 0 Å². The molecule has 2 amide bonds. The Kier molecular flexibility index (Phi) is 2.48. The number of nitrogens with zero attached hydrogens (tertiary/aromatic N) is 1. The van der Waals surface area contributed by atoms with Gasteiger partial charge < -0.3 is 0 Å². The number of rotatable bonds is 3. The van der Waals surface area contributed by atoms with Crippen LogP contribution < -0.4 is 0 Å². The first-order chi connectivity index (χ1) is 9.00. The Bertz CT molecular complexity index is 574. The molecule has 1 aliphatic heterocycles. The number of Topliss-reactive ketones (excluding diaryl/α,β-unsaturated/α-hetero) is 1. The van der Waals surface area contributed by atoms with Gasteiger partial charge in [0.2, 0.25) is 11.8 Å². The maximum atomic E-state index is 13.4. The van der Waals surface area contributed by atoms with Gasteiger partial charge in [0, 0.05) is 0 Å². The summed E-state index contributed by atoms with van der Waals surface area (Å²) in [5, 5.41) is 0. The van der Waals surface area contributed by atoms with E-state index in [4.69, 9.17) is 0 Å². The van der Waals surface area contributed by atoms with E-state index in [1.54, 1.807) is 0 Å². The third-order valence-corrected chi connectivity index (χ3v) is 3.50. The van der Waals surface area contributed by atoms with Crippen molar-refractivity contribution in [2.45, 2.75) is 6.42 Å². The van der Waals surface area contributed by atoms with Crippen molar-refractivity contribution in [3.05, 3.63) is 35.4 Å². The van der Waals surface area contributed by atoms with E-state index < -0.39 is 41.3 Å². The number of hydrogen-bond donors (Lipinski definition) is 0. The number of piperidine rings is 1. The van der Waals surface area contributed by atoms with Gasteiger partial charge in [0.25, 0.3) is 0 Å². The molecule has 2 unspecified atom stereocenters. The lowest BCUT2D eigenvalue weighted by Crippen LogP contribution is -2.37. The average Bonchev–Trinajstić information content (AvgIpc) is 3.10. The summed E-state index contributed by atoms with van der Waals surface area (Å²) < 4.78 is 26.8. The number of benzene rings is 1. The van der Waals surface area contributed by atoms with Crippen LogP contribution in [0.2, 0.25) is 0 Å². The molecule has 0 spiro atoms. The second-order valence-electron chi connectivity index (χ2n) is 4.73. The summed E-state index contributed by atoms with van der Waals surface area (Å²) in [7, 11) is 0. The SMILES string of the molecule is O=C(CN1C(=O)C2CC2C1=O)c1c(F)cccc1F. The second-order valence-corrected chi connectivity index (χ2v) is 4.73. The molecule has 4 nitrogen and oxygen atoms in total. The smallest absolute Gasteiger partial charge is 0.233 e. The van der Waals surface area contributed by atoms with E-state index in [0.717, 1.165) is 23.1 Å². The molecule has 0 bridgehead atoms. The van der Waals surface area contributed by atoms with E-state index in [-0.39, 0.29) is 11.8 Å². The molecule has 2 fully saturated rings. The van der Waals surface area contributed by atoms with E-state index in [9.17, 15) is 23.2 Å². The van der Waals surface area contributed by atoms with Gasteiger partial charge in [0.1, 0.15) is 11.6 Å². The van der Waals surface area contributed by atoms with Crippen LogP contribution in [-0.4, -0.2) is 29.0 Å². The number of ketones is 1. The monoisotopic (exact) mass is 265 g/mol. The number of halogens is 2. The van der Waals surface area contributed by atoms with Crippen LogP contribution in [0.25, 0.3) is 0 Å². The molecule has 0 radical (unpaired) electrons. The number of fused-ring (bicyclic) bond motifs is 1. The fourth-order valence-corrected chi connectivity index (χ4v) is 2.39. The lowest BCUT2D eigenvalue weighted by molar-refractivity contribution is -0.140. The number of amides is 2. The van der Waals surface area contributed by atoms with Gasteiger partial charge in [0.05, 0.1) is 23.9 Å². The first-order valence-corrected chi connectivity index (χ1v) is 5.83. The van der Waals surface area contributed by atoms with E-state index in [0.29, 0.717) is 6.42 Å². The Labute approximate surface area is 107 Å². The molecule has 1 saturated heterocycles. The molecule has 0 N–H and O–H groups in total. The molecule has 3 rings (SSSR count). The minimum atomic E-state index is -0.991. The fraction of sp³-hybridized carbons (Fsp3) is 0.308. The minimum absolute atomic E-state index is 0.328. The van der Waals surface area contributed by atoms with Crippen LogP contribution in [0.1, 0.15) is 16.8 Å². The predicted octanol–water partition coefficient (Wildman–Crippen LogP) is 1.15. The molecule has 1 aromatic carbocycles. The predicted molar refractivity (Wildman–Crippen MR) is 59.0 cm³/mol. The highest BCUT2D eigenvalue weighted by molar-refractivity contribution is 6.12. The lowest BCUT2D eigenvalue weighted by atomic mass is 10.1. The number of carbonyl (C=O) groups excluding carboxylic acids is 3. The highest BCUT2D eigenvalue weighted by atomic mass is 19.1. The van der Waals surface area contributed by atoms with Crippen LogP contribution >= 0.6 is 0 Å². The lowest BCUT2D eigenvalue weighted by Gasteiger charge is -2.15. The summed E-state index contributed by atoms with van der Waals surface area (Å²) in [6, 6.07) is 3.06. The standard InChI is InChI=1S/C13H9F2NO3/c14-8-2-1-3-9(15)11(8)10(17)5-16-12(18)6-4-7(6)13(16)19/h1-3,6-7H,4-5H2. The van der Waals surface area contributed by atoms with E-state index in [1.807, 2.05) is 0 Å². The van der Waals surface area contributed by atoms with Crippen LogP contribution in [0, 0.1) is 23.5 Å². The Morgan fingerprint density at radius 3 is 2.21 bits per heavy atom. The van der Waals surface area contributed by atoms with Crippen LogP contribution in [0.15, 0.2) is 18.2 Å². The first-order valence-electron chi connectivity index (χ1n) is 5.83. The quantitative estimate of drug-likeness (QED) is 0.608. The summed E-state index contributed by atoms with van der Waals surface area (Å²) >= 11 is 0. The Morgan fingerprint density at radius 1 is 1.16 bits per heavy atom. The molecule has 1 heterocycles. The fourth-order valence-electron chi connectivity index (χ4n) is 2.39. The van der Waals surface area contributed by atoms with E-state index in [1.165, 1.54) is 0 Å². The maximum Gasteiger partial charge on any atom is 0.233 e. The molecule has 1 aromatic rings. The molecule has 0 aromatic heterocycles. The third kappa shape index (κ3) is 1.75. The van der Waals surface area contributed by atoms with E-state index >= 15 is 0 Å². The van der Waals surface area contributed by atoms with Crippen molar-refractivity contribution in [3.63, 3.8) is 0 Å². The van der Waals surface area contributed by atoms with Crippen molar-refractivity contribution >= 4 is 17.6 Å². The molecule has 1 saturated carbocycles. The Morgan fingerprint density at radius 2 is 1.68 bits per heavy atom. The third-order valence-electron chi connectivity index (χ3n) is 3.50. The van der Waals surface area contributed by atoms with Gasteiger partial charge in [-0.1, -0.05) is 6.07 Å². The molecule has 2 aliphatic rings. The zero-order chi connectivity index (χ0) is 13.7. The average molecular weight is 265 g/mol. The number of hydrogen-bond acceptors (Lipinski definition) is 3. The molecule has 2 atom stereocenters. The van der Waals surface area contributed by atoms with Gasteiger partial charge in [0.15, 0.2) is 5.78 Å². The summed E-state index contributed by atoms with van der Waals surface area (Å²) in [4.78, 5) is 35.9. The maximum absolute atomic E-state index is 13.4. The van der Waals surface area contributed by atoms with Gasteiger partial charge in [-0.2, -0.15) is 0 Å². The van der Waals surface area contributed by atoms with Crippen molar-refractivity contribution in [2.24, 2.45) is 11.8 Å².